The number of nitrogens with one attached hydrogen (secondary N) is 3. The van der Waals surface area contributed by atoms with Crippen molar-refractivity contribution in [3.63, 3.8) is 0 Å². The smallest absolute Gasteiger partial charge is 0.338 e. The second-order valence-corrected chi connectivity index (χ2v) is 7.19. The Kier molecular flexibility index (Phi) is 5.21. The molecule has 4 aromatic rings. The molecule has 0 aliphatic rings. The van der Waals surface area contributed by atoms with Gasteiger partial charge in [0.25, 0.3) is 0 Å². The molecule has 0 fully saturated rings. The van der Waals surface area contributed by atoms with Crippen molar-refractivity contribution in [1.29, 1.82) is 0 Å². The molecule has 2 aromatic carbocycles. The van der Waals surface area contributed by atoms with Crippen molar-refractivity contribution in [3.8, 4) is 11.1 Å². The van der Waals surface area contributed by atoms with Crippen LogP contribution in [0.5, 0.6) is 0 Å². The van der Waals surface area contributed by atoms with Crippen LogP contribution in [0, 0.1) is 0 Å². The average Bonchev–Trinajstić information content (AvgIpc) is 3.35. The lowest BCUT2D eigenvalue weighted by Crippen LogP contribution is -2.28. The summed E-state index contributed by atoms with van der Waals surface area (Å²) >= 11 is 1.39. The van der Waals surface area contributed by atoms with Crippen LogP contribution < -0.4 is 16.0 Å². The van der Waals surface area contributed by atoms with Crippen molar-refractivity contribution >= 4 is 44.4 Å². The summed E-state index contributed by atoms with van der Waals surface area (Å²) in [6.45, 7) is 2.40. The Morgan fingerprint density at radius 3 is 2.69 bits per heavy atom. The zero-order valence-corrected chi connectivity index (χ0v) is 16.4. The summed E-state index contributed by atoms with van der Waals surface area (Å²) in [5.74, 6) is 0. The lowest BCUT2D eigenvalue weighted by Gasteiger charge is -2.03. The maximum Gasteiger partial charge on any atom is 0.346 e. The molecule has 0 aliphatic carbocycles. The Balaban J connectivity index is 1.52. The number of benzene rings is 2. The summed E-state index contributed by atoms with van der Waals surface area (Å²) in [5.41, 5.74) is 3.21. The molecule has 0 saturated heterocycles. The van der Waals surface area contributed by atoms with E-state index in [-0.39, 0.29) is 12.1 Å². The third-order valence-corrected chi connectivity index (χ3v) is 5.03. The minimum Gasteiger partial charge on any atom is -0.338 e. The second kappa shape index (κ2) is 8.11. The summed E-state index contributed by atoms with van der Waals surface area (Å²) in [4.78, 5) is 28.4. The van der Waals surface area contributed by atoms with Crippen LogP contribution in [0.4, 0.5) is 20.4 Å². The number of thiazole rings is 1. The van der Waals surface area contributed by atoms with E-state index in [9.17, 15) is 9.59 Å². The van der Waals surface area contributed by atoms with Gasteiger partial charge in [0.05, 0.1) is 16.4 Å². The summed E-state index contributed by atoms with van der Waals surface area (Å²) in [7, 11) is 0. The third-order valence-electron chi connectivity index (χ3n) is 4.10. The summed E-state index contributed by atoms with van der Waals surface area (Å²) in [6, 6.07) is 14.3. The SMILES string of the molecule is CCNC(=O)Nc1nc2ccc(-c3cnn(C(=O)Nc4ccccc4)c3)cc2s1. The van der Waals surface area contributed by atoms with Crippen molar-refractivity contribution in [1.82, 2.24) is 20.1 Å². The minimum absolute atomic E-state index is 0.280. The van der Waals surface area contributed by atoms with Gasteiger partial charge in [0.1, 0.15) is 0 Å². The van der Waals surface area contributed by atoms with Crippen LogP contribution in [0.3, 0.4) is 0 Å². The summed E-state index contributed by atoms with van der Waals surface area (Å²) in [5, 5.41) is 12.9. The first-order valence-corrected chi connectivity index (χ1v) is 9.81. The molecule has 0 atom stereocenters. The van der Waals surface area contributed by atoms with E-state index >= 15 is 0 Å². The molecule has 4 rings (SSSR count). The molecule has 0 radical (unpaired) electrons. The monoisotopic (exact) mass is 406 g/mol. The first-order chi connectivity index (χ1) is 14.1. The van der Waals surface area contributed by atoms with Gasteiger partial charge in [-0.25, -0.2) is 14.6 Å². The number of rotatable bonds is 4. The number of carbonyl (C=O) groups excluding carboxylic acids is 2. The van der Waals surface area contributed by atoms with Gasteiger partial charge < -0.3 is 10.6 Å². The highest BCUT2D eigenvalue weighted by Crippen LogP contribution is 2.30. The zero-order valence-electron chi connectivity index (χ0n) is 15.5. The molecule has 9 heteroatoms. The number of para-hydroxylation sites is 1. The van der Waals surface area contributed by atoms with E-state index in [4.69, 9.17) is 0 Å². The largest absolute Gasteiger partial charge is 0.346 e. The Hall–Kier alpha value is -3.72. The molecule has 2 heterocycles. The molecule has 0 saturated carbocycles. The van der Waals surface area contributed by atoms with E-state index in [0.29, 0.717) is 17.4 Å². The molecule has 3 amide bonds. The number of urea groups is 1. The fourth-order valence-corrected chi connectivity index (χ4v) is 3.64. The standard InChI is InChI=1S/C20H18N6O2S/c1-2-21-18(27)25-19-24-16-9-8-13(10-17(16)29-19)14-11-22-26(12-14)20(28)23-15-6-4-3-5-7-15/h3-12H,2H2,1H3,(H,23,28)(H2,21,24,25,27). The Morgan fingerprint density at radius 1 is 1.07 bits per heavy atom. The Labute approximate surface area is 170 Å². The van der Waals surface area contributed by atoms with Gasteiger partial charge in [-0.15, -0.1) is 0 Å². The molecular weight excluding hydrogens is 388 g/mol. The number of carbonyl (C=O) groups is 2. The maximum absolute atomic E-state index is 12.4. The van der Waals surface area contributed by atoms with Gasteiger partial charge in [-0.3, -0.25) is 5.32 Å². The molecule has 2 aromatic heterocycles. The van der Waals surface area contributed by atoms with Crippen molar-refractivity contribution in [3.05, 3.63) is 60.9 Å². The topological polar surface area (TPSA) is 101 Å². The average molecular weight is 406 g/mol. The van der Waals surface area contributed by atoms with E-state index in [1.54, 1.807) is 12.4 Å². The van der Waals surface area contributed by atoms with Crippen LogP contribution in [0.2, 0.25) is 0 Å². The molecule has 8 nitrogen and oxygen atoms in total. The van der Waals surface area contributed by atoms with Gasteiger partial charge in [-0.2, -0.15) is 9.78 Å². The first kappa shape index (κ1) is 18.6. The van der Waals surface area contributed by atoms with Crippen LogP contribution in [0.1, 0.15) is 6.92 Å². The molecule has 0 aliphatic heterocycles. The van der Waals surface area contributed by atoms with E-state index < -0.39 is 0 Å². The van der Waals surface area contributed by atoms with Gasteiger partial charge >= 0.3 is 12.1 Å². The fraction of sp³-hybridized carbons (Fsp3) is 0.100. The minimum atomic E-state index is -0.338. The number of anilines is 2. The quantitative estimate of drug-likeness (QED) is 0.468. The van der Waals surface area contributed by atoms with Crippen molar-refractivity contribution in [2.75, 3.05) is 17.2 Å². The molecular formula is C20H18N6O2S. The number of hydrogen-bond acceptors (Lipinski definition) is 5. The highest BCUT2D eigenvalue weighted by molar-refractivity contribution is 7.22. The van der Waals surface area contributed by atoms with Crippen LogP contribution in [-0.4, -0.2) is 33.4 Å². The number of nitrogens with zero attached hydrogens (tertiary/aromatic N) is 3. The van der Waals surface area contributed by atoms with Gasteiger partial charge in [0, 0.05) is 24.0 Å². The molecule has 0 unspecified atom stereocenters. The summed E-state index contributed by atoms with van der Waals surface area (Å²) in [6.07, 6.45) is 3.31. The highest BCUT2D eigenvalue weighted by atomic mass is 32.1. The second-order valence-electron chi connectivity index (χ2n) is 6.16. The number of hydrogen-bond donors (Lipinski definition) is 3. The van der Waals surface area contributed by atoms with Crippen molar-refractivity contribution in [2.45, 2.75) is 6.92 Å². The zero-order chi connectivity index (χ0) is 20.2. The lowest BCUT2D eigenvalue weighted by atomic mass is 10.1. The van der Waals surface area contributed by atoms with Gasteiger partial charge in [0.15, 0.2) is 5.13 Å². The van der Waals surface area contributed by atoms with Crippen molar-refractivity contribution in [2.24, 2.45) is 0 Å². The van der Waals surface area contributed by atoms with Gasteiger partial charge in [-0.1, -0.05) is 35.6 Å². The molecule has 0 bridgehead atoms. The highest BCUT2D eigenvalue weighted by Gasteiger charge is 2.11. The van der Waals surface area contributed by atoms with Crippen LogP contribution in [0.15, 0.2) is 60.9 Å². The Bertz CT molecular complexity index is 1170. The van der Waals surface area contributed by atoms with Crippen LogP contribution >= 0.6 is 11.3 Å². The van der Waals surface area contributed by atoms with Crippen LogP contribution in [-0.2, 0) is 0 Å². The normalized spacial score (nSPS) is 10.7. The predicted molar refractivity (Wildman–Crippen MR) is 114 cm³/mol. The molecule has 146 valence electrons. The van der Waals surface area contributed by atoms with Crippen molar-refractivity contribution < 1.29 is 9.59 Å². The third kappa shape index (κ3) is 4.25. The Morgan fingerprint density at radius 2 is 1.90 bits per heavy atom. The fourth-order valence-electron chi connectivity index (χ4n) is 2.74. The van der Waals surface area contributed by atoms with Gasteiger partial charge in [0.2, 0.25) is 0 Å². The van der Waals surface area contributed by atoms with E-state index in [2.05, 4.69) is 26.0 Å². The van der Waals surface area contributed by atoms with Gasteiger partial charge in [-0.05, 0) is 36.8 Å². The van der Waals surface area contributed by atoms with E-state index in [1.165, 1.54) is 16.0 Å². The summed E-state index contributed by atoms with van der Waals surface area (Å²) < 4.78 is 2.19. The first-order valence-electron chi connectivity index (χ1n) is 8.99. The number of amides is 3. The predicted octanol–water partition coefficient (Wildman–Crippen LogP) is 4.38. The molecule has 0 spiro atoms. The maximum atomic E-state index is 12.4. The molecule has 3 N–H and O–H groups in total. The van der Waals surface area contributed by atoms with E-state index in [0.717, 1.165) is 21.3 Å². The number of aromatic nitrogens is 3. The lowest BCUT2D eigenvalue weighted by molar-refractivity contribution is 0.250. The van der Waals surface area contributed by atoms with Crippen LogP contribution in [0.25, 0.3) is 21.3 Å². The molecule has 29 heavy (non-hydrogen) atoms. The van der Waals surface area contributed by atoms with E-state index in [1.807, 2.05) is 55.5 Å². The number of fused-ring (bicyclic) bond motifs is 1.